The number of nitrogens with one attached hydrogen (secondary N) is 1. The van der Waals surface area contributed by atoms with Gasteiger partial charge in [-0.1, -0.05) is 11.6 Å². The molecule has 1 N–H and O–H groups in total. The lowest BCUT2D eigenvalue weighted by Crippen LogP contribution is -2.21. The van der Waals surface area contributed by atoms with Crippen molar-refractivity contribution in [3.05, 3.63) is 57.5 Å². The van der Waals surface area contributed by atoms with E-state index in [9.17, 15) is 9.59 Å². The predicted molar refractivity (Wildman–Crippen MR) is 109 cm³/mol. The summed E-state index contributed by atoms with van der Waals surface area (Å²) in [6, 6.07) is 10.7. The molecule has 1 aliphatic heterocycles. The molecule has 0 atom stereocenters. The molecule has 0 radical (unpaired) electrons. The smallest absolute Gasteiger partial charge is 0.328 e. The van der Waals surface area contributed by atoms with Crippen molar-refractivity contribution >= 4 is 39.9 Å². The molecule has 3 aromatic rings. The van der Waals surface area contributed by atoms with Gasteiger partial charge in [-0.3, -0.25) is 13.9 Å². The molecule has 1 fully saturated rings. The number of fused-ring (bicyclic) bond motifs is 1. The number of halogens is 1. The summed E-state index contributed by atoms with van der Waals surface area (Å²) < 4.78 is 3.24. The number of aryl methyl sites for hydroxylation is 2. The number of anilines is 2. The second-order valence-corrected chi connectivity index (χ2v) is 7.35. The van der Waals surface area contributed by atoms with E-state index < -0.39 is 0 Å². The summed E-state index contributed by atoms with van der Waals surface area (Å²) in [6.45, 7) is 1.88. The van der Waals surface area contributed by atoms with Crippen LogP contribution in [0.3, 0.4) is 0 Å². The van der Waals surface area contributed by atoms with E-state index in [2.05, 4.69) is 10.2 Å². The van der Waals surface area contributed by atoms with E-state index in [4.69, 9.17) is 11.6 Å². The van der Waals surface area contributed by atoms with Crippen LogP contribution in [0.15, 0.2) is 41.2 Å². The van der Waals surface area contributed by atoms with Gasteiger partial charge in [-0.25, -0.2) is 4.79 Å². The van der Waals surface area contributed by atoms with E-state index in [0.29, 0.717) is 16.3 Å². The highest BCUT2D eigenvalue weighted by Gasteiger charge is 2.21. The highest BCUT2D eigenvalue weighted by Crippen LogP contribution is 2.33. The highest BCUT2D eigenvalue weighted by molar-refractivity contribution is 6.30. The van der Waals surface area contributed by atoms with Crippen molar-refractivity contribution in [2.75, 3.05) is 23.3 Å². The lowest BCUT2D eigenvalue weighted by atomic mass is 10.1. The minimum absolute atomic E-state index is 0.0847. The molecule has 1 amide bonds. The zero-order chi connectivity index (χ0) is 19.1. The Kier molecular flexibility index (Phi) is 4.44. The van der Waals surface area contributed by atoms with Crippen molar-refractivity contribution in [3.8, 4) is 0 Å². The summed E-state index contributed by atoms with van der Waals surface area (Å²) in [5, 5.41) is 3.61. The molecule has 1 aromatic heterocycles. The molecule has 2 heterocycles. The van der Waals surface area contributed by atoms with E-state index in [0.717, 1.165) is 42.7 Å². The third kappa shape index (κ3) is 3.10. The van der Waals surface area contributed by atoms with Crippen LogP contribution >= 0.6 is 11.6 Å². The molecular weight excluding hydrogens is 364 g/mol. The van der Waals surface area contributed by atoms with Crippen LogP contribution < -0.4 is 15.9 Å². The van der Waals surface area contributed by atoms with Gasteiger partial charge in [0, 0.05) is 37.8 Å². The Labute approximate surface area is 162 Å². The molecule has 4 rings (SSSR count). The van der Waals surface area contributed by atoms with E-state index in [1.54, 1.807) is 47.5 Å². The van der Waals surface area contributed by atoms with Crippen LogP contribution in [0.25, 0.3) is 11.0 Å². The minimum Gasteiger partial charge on any atom is -0.370 e. The maximum atomic E-state index is 12.7. The Hall–Kier alpha value is -2.73. The Morgan fingerprint density at radius 1 is 1.00 bits per heavy atom. The molecule has 7 heteroatoms. The molecule has 0 saturated carbocycles. The van der Waals surface area contributed by atoms with Crippen molar-refractivity contribution in [2.24, 2.45) is 14.1 Å². The van der Waals surface area contributed by atoms with Crippen molar-refractivity contribution in [1.29, 1.82) is 0 Å². The quantitative estimate of drug-likeness (QED) is 0.753. The fourth-order valence-corrected chi connectivity index (χ4v) is 3.78. The lowest BCUT2D eigenvalue weighted by Gasteiger charge is -2.22. The zero-order valence-electron chi connectivity index (χ0n) is 15.3. The number of carbonyl (C=O) groups excluding carboxylic acids is 1. The molecule has 6 nitrogen and oxygen atoms in total. The van der Waals surface area contributed by atoms with Crippen LogP contribution in [-0.4, -0.2) is 28.1 Å². The van der Waals surface area contributed by atoms with Crippen LogP contribution in [0, 0.1) is 0 Å². The summed E-state index contributed by atoms with van der Waals surface area (Å²) in [5.74, 6) is -0.201. The largest absolute Gasteiger partial charge is 0.370 e. The third-order valence-electron chi connectivity index (χ3n) is 5.19. The second kappa shape index (κ2) is 6.78. The first-order valence-electron chi connectivity index (χ1n) is 8.97. The molecular formula is C20H21ClN4O2. The summed E-state index contributed by atoms with van der Waals surface area (Å²) in [6.07, 6.45) is 2.24. The van der Waals surface area contributed by atoms with Gasteiger partial charge in [0.05, 0.1) is 22.4 Å². The van der Waals surface area contributed by atoms with Crippen molar-refractivity contribution in [1.82, 2.24) is 9.13 Å². The molecule has 0 bridgehead atoms. The summed E-state index contributed by atoms with van der Waals surface area (Å²) in [5.41, 5.74) is 3.76. The fraction of sp³-hybridized carbons (Fsp3) is 0.300. The highest BCUT2D eigenvalue weighted by atomic mass is 35.5. The van der Waals surface area contributed by atoms with Gasteiger partial charge < -0.3 is 10.2 Å². The molecule has 27 heavy (non-hydrogen) atoms. The molecule has 1 saturated heterocycles. The monoisotopic (exact) mass is 384 g/mol. The number of aromatic nitrogens is 2. The first-order chi connectivity index (χ1) is 13.0. The molecule has 0 aliphatic carbocycles. The van der Waals surface area contributed by atoms with Crippen molar-refractivity contribution < 1.29 is 4.79 Å². The second-order valence-electron chi connectivity index (χ2n) is 6.91. The van der Waals surface area contributed by atoms with Crippen LogP contribution in [0.5, 0.6) is 0 Å². The maximum absolute atomic E-state index is 12.7. The third-order valence-corrected chi connectivity index (χ3v) is 5.44. The molecule has 0 spiro atoms. The number of nitrogens with zero attached hydrogens (tertiary/aromatic N) is 3. The first kappa shape index (κ1) is 17.7. The summed E-state index contributed by atoms with van der Waals surface area (Å²) in [4.78, 5) is 27.3. The van der Waals surface area contributed by atoms with E-state index in [1.165, 1.54) is 0 Å². The molecule has 2 aromatic carbocycles. The van der Waals surface area contributed by atoms with Gasteiger partial charge in [0.15, 0.2) is 0 Å². The SMILES string of the molecule is Cn1c(=O)n(C)c2cc(N3CCCC3)c(NC(=O)c3ccc(Cl)cc3)cc21. The van der Waals surface area contributed by atoms with Gasteiger partial charge in [0.2, 0.25) is 0 Å². The average Bonchev–Trinajstić information content (AvgIpc) is 3.26. The van der Waals surface area contributed by atoms with Gasteiger partial charge in [0.25, 0.3) is 5.91 Å². The normalized spacial score (nSPS) is 14.1. The van der Waals surface area contributed by atoms with Crippen LogP contribution in [0.1, 0.15) is 23.2 Å². The Balaban J connectivity index is 1.80. The van der Waals surface area contributed by atoms with Gasteiger partial charge >= 0.3 is 5.69 Å². The summed E-state index contributed by atoms with van der Waals surface area (Å²) >= 11 is 5.91. The lowest BCUT2D eigenvalue weighted by molar-refractivity contribution is 0.102. The van der Waals surface area contributed by atoms with E-state index >= 15 is 0 Å². The number of hydrogen-bond donors (Lipinski definition) is 1. The molecule has 1 aliphatic rings. The molecule has 140 valence electrons. The number of hydrogen-bond acceptors (Lipinski definition) is 3. The van der Waals surface area contributed by atoms with Crippen LogP contribution in [0.4, 0.5) is 11.4 Å². The van der Waals surface area contributed by atoms with Gasteiger partial charge in [-0.2, -0.15) is 0 Å². The Bertz CT molecular complexity index is 1080. The minimum atomic E-state index is -0.201. The van der Waals surface area contributed by atoms with Crippen LogP contribution in [-0.2, 0) is 14.1 Å². The van der Waals surface area contributed by atoms with E-state index in [1.807, 2.05) is 12.1 Å². The number of rotatable bonds is 3. The standard InChI is InChI=1S/C20H21ClN4O2/c1-23-17-11-15(22-19(26)13-5-7-14(21)8-6-13)16(25-9-3-4-10-25)12-18(17)24(2)20(23)27/h5-8,11-12H,3-4,9-10H2,1-2H3,(H,22,26). The fourth-order valence-electron chi connectivity index (χ4n) is 3.65. The number of benzene rings is 2. The van der Waals surface area contributed by atoms with E-state index in [-0.39, 0.29) is 11.6 Å². The average molecular weight is 385 g/mol. The Morgan fingerprint density at radius 3 is 2.22 bits per heavy atom. The molecule has 0 unspecified atom stereocenters. The van der Waals surface area contributed by atoms with Crippen LogP contribution in [0.2, 0.25) is 5.02 Å². The number of carbonyl (C=O) groups is 1. The van der Waals surface area contributed by atoms with Gasteiger partial charge in [-0.15, -0.1) is 0 Å². The first-order valence-corrected chi connectivity index (χ1v) is 9.35. The number of amides is 1. The predicted octanol–water partition coefficient (Wildman–Crippen LogP) is 3.38. The topological polar surface area (TPSA) is 59.3 Å². The zero-order valence-corrected chi connectivity index (χ0v) is 16.1. The van der Waals surface area contributed by atoms with Gasteiger partial charge in [0.1, 0.15) is 0 Å². The maximum Gasteiger partial charge on any atom is 0.328 e. The summed E-state index contributed by atoms with van der Waals surface area (Å²) in [7, 11) is 3.51. The van der Waals surface area contributed by atoms with Crippen molar-refractivity contribution in [2.45, 2.75) is 12.8 Å². The number of imidazole rings is 1. The Morgan fingerprint density at radius 2 is 1.59 bits per heavy atom. The van der Waals surface area contributed by atoms with Gasteiger partial charge in [-0.05, 0) is 49.2 Å². The van der Waals surface area contributed by atoms with Crippen molar-refractivity contribution in [3.63, 3.8) is 0 Å².